The lowest BCUT2D eigenvalue weighted by molar-refractivity contribution is 0.0929. The Morgan fingerprint density at radius 3 is 3.17 bits per heavy atom. The molecule has 2 aromatic rings. The van der Waals surface area contributed by atoms with Crippen LogP contribution in [0.3, 0.4) is 0 Å². The van der Waals surface area contributed by atoms with Gasteiger partial charge in [0.2, 0.25) is 0 Å². The molecule has 0 saturated carbocycles. The van der Waals surface area contributed by atoms with Gasteiger partial charge in [-0.15, -0.1) is 15.3 Å². The summed E-state index contributed by atoms with van der Waals surface area (Å²) in [5.74, 6) is 0.460. The van der Waals surface area contributed by atoms with Crippen molar-refractivity contribution in [1.82, 2.24) is 35.1 Å². The van der Waals surface area contributed by atoms with Crippen LogP contribution in [0, 0.1) is 0 Å². The molecule has 9 nitrogen and oxygen atoms in total. The first-order valence-corrected chi connectivity index (χ1v) is 7.93. The maximum Gasteiger partial charge on any atom is 0.273 e. The monoisotopic (exact) mass is 319 g/mol. The third-order valence-electron chi connectivity index (χ3n) is 3.75. The lowest BCUT2D eigenvalue weighted by Crippen LogP contribution is -2.25. The molecule has 1 atom stereocenters. The van der Waals surface area contributed by atoms with Gasteiger partial charge >= 0.3 is 0 Å². The van der Waals surface area contributed by atoms with Crippen LogP contribution < -0.4 is 5.32 Å². The average molecular weight is 319 g/mol. The highest BCUT2D eigenvalue weighted by Crippen LogP contribution is 2.13. The summed E-state index contributed by atoms with van der Waals surface area (Å²) in [4.78, 5) is 12.1. The van der Waals surface area contributed by atoms with E-state index in [1.807, 2.05) is 4.57 Å². The largest absolute Gasteiger partial charge is 0.376 e. The number of nitrogens with zero attached hydrogens (tertiary/aromatic N) is 6. The molecular formula is C14H21N7O2. The second-order valence-corrected chi connectivity index (χ2v) is 5.58. The highest BCUT2D eigenvalue weighted by molar-refractivity contribution is 5.91. The summed E-state index contributed by atoms with van der Waals surface area (Å²) in [7, 11) is 0. The van der Waals surface area contributed by atoms with Gasteiger partial charge in [-0.2, -0.15) is 0 Å². The molecule has 0 aliphatic carbocycles. The summed E-state index contributed by atoms with van der Waals surface area (Å²) in [6.07, 6.45) is 6.56. The smallest absolute Gasteiger partial charge is 0.273 e. The molecule has 1 aliphatic heterocycles. The van der Waals surface area contributed by atoms with Crippen LogP contribution in [0.5, 0.6) is 0 Å². The number of hydrogen-bond acceptors (Lipinski definition) is 6. The van der Waals surface area contributed by atoms with Crippen LogP contribution in [-0.2, 0) is 24.4 Å². The van der Waals surface area contributed by atoms with Crippen molar-refractivity contribution in [2.24, 2.45) is 0 Å². The van der Waals surface area contributed by atoms with Crippen LogP contribution in [0.1, 0.15) is 42.5 Å². The number of rotatable bonds is 7. The number of nitrogens with one attached hydrogen (secondary N) is 1. The van der Waals surface area contributed by atoms with E-state index in [4.69, 9.17) is 4.74 Å². The molecule has 0 radical (unpaired) electrons. The molecule has 0 aromatic carbocycles. The molecular weight excluding hydrogens is 298 g/mol. The molecule has 9 heteroatoms. The SMILES string of the molecule is CCCn1cnnc1CNC(=O)c1cn(C[C@H]2CCCO2)nn1. The average Bonchev–Trinajstić information content (AvgIpc) is 3.28. The zero-order chi connectivity index (χ0) is 16.1. The van der Waals surface area contributed by atoms with Crippen molar-refractivity contribution in [1.29, 1.82) is 0 Å². The first-order valence-electron chi connectivity index (χ1n) is 7.93. The fourth-order valence-corrected chi connectivity index (χ4v) is 2.58. The predicted molar refractivity (Wildman–Crippen MR) is 80.5 cm³/mol. The van der Waals surface area contributed by atoms with Crippen LogP contribution in [0.4, 0.5) is 0 Å². The zero-order valence-corrected chi connectivity index (χ0v) is 13.2. The van der Waals surface area contributed by atoms with Crippen LogP contribution in [0.25, 0.3) is 0 Å². The highest BCUT2D eigenvalue weighted by atomic mass is 16.5. The molecule has 1 aliphatic rings. The number of aryl methyl sites for hydroxylation is 1. The van der Waals surface area contributed by atoms with Gasteiger partial charge in [0.25, 0.3) is 5.91 Å². The van der Waals surface area contributed by atoms with E-state index in [1.54, 1.807) is 17.2 Å². The maximum absolute atomic E-state index is 12.1. The van der Waals surface area contributed by atoms with Gasteiger partial charge in [0, 0.05) is 13.2 Å². The van der Waals surface area contributed by atoms with Crippen LogP contribution in [0.2, 0.25) is 0 Å². The molecule has 1 fully saturated rings. The van der Waals surface area contributed by atoms with Gasteiger partial charge < -0.3 is 14.6 Å². The molecule has 1 N–H and O–H groups in total. The van der Waals surface area contributed by atoms with E-state index < -0.39 is 0 Å². The van der Waals surface area contributed by atoms with Gasteiger partial charge in [-0.05, 0) is 19.3 Å². The minimum atomic E-state index is -0.269. The fraction of sp³-hybridized carbons (Fsp3) is 0.643. The lowest BCUT2D eigenvalue weighted by Gasteiger charge is -2.07. The molecule has 0 spiro atoms. The number of ether oxygens (including phenoxy) is 1. The summed E-state index contributed by atoms with van der Waals surface area (Å²) in [5, 5.41) is 18.6. The third-order valence-corrected chi connectivity index (χ3v) is 3.75. The fourth-order valence-electron chi connectivity index (χ4n) is 2.58. The van der Waals surface area contributed by atoms with E-state index in [9.17, 15) is 4.79 Å². The zero-order valence-electron chi connectivity index (χ0n) is 13.2. The minimum Gasteiger partial charge on any atom is -0.376 e. The predicted octanol–water partition coefficient (Wildman–Crippen LogP) is 0.389. The molecule has 0 unspecified atom stereocenters. The summed E-state index contributed by atoms with van der Waals surface area (Å²) in [6.45, 7) is 4.65. The number of aromatic nitrogens is 6. The van der Waals surface area contributed by atoms with Gasteiger partial charge in [-0.25, -0.2) is 4.68 Å². The second-order valence-electron chi connectivity index (χ2n) is 5.58. The lowest BCUT2D eigenvalue weighted by atomic mass is 10.2. The first-order chi connectivity index (χ1) is 11.3. The Labute approximate surface area is 134 Å². The van der Waals surface area contributed by atoms with Crippen molar-refractivity contribution < 1.29 is 9.53 Å². The normalized spacial score (nSPS) is 17.5. The van der Waals surface area contributed by atoms with Crippen molar-refractivity contribution in [3.8, 4) is 0 Å². The van der Waals surface area contributed by atoms with E-state index in [0.717, 1.165) is 38.2 Å². The summed E-state index contributed by atoms with van der Waals surface area (Å²) >= 11 is 0. The minimum absolute atomic E-state index is 0.167. The molecule has 23 heavy (non-hydrogen) atoms. The molecule has 2 aromatic heterocycles. The van der Waals surface area contributed by atoms with Crippen molar-refractivity contribution in [3.63, 3.8) is 0 Å². The highest BCUT2D eigenvalue weighted by Gasteiger charge is 2.18. The number of amides is 1. The summed E-state index contributed by atoms with van der Waals surface area (Å²) in [5.41, 5.74) is 0.296. The molecule has 1 amide bonds. The quantitative estimate of drug-likeness (QED) is 0.792. The number of carbonyl (C=O) groups excluding carboxylic acids is 1. The molecule has 0 bridgehead atoms. The number of hydrogen-bond donors (Lipinski definition) is 1. The Hall–Kier alpha value is -2.29. The van der Waals surface area contributed by atoms with Crippen molar-refractivity contribution >= 4 is 5.91 Å². The van der Waals surface area contributed by atoms with Gasteiger partial charge in [0.15, 0.2) is 11.5 Å². The Balaban J connectivity index is 1.53. The van der Waals surface area contributed by atoms with Crippen molar-refractivity contribution in [3.05, 3.63) is 24.0 Å². The van der Waals surface area contributed by atoms with Gasteiger partial charge in [-0.3, -0.25) is 4.79 Å². The van der Waals surface area contributed by atoms with Crippen LogP contribution in [-0.4, -0.2) is 48.4 Å². The van der Waals surface area contributed by atoms with E-state index in [1.165, 1.54) is 0 Å². The Morgan fingerprint density at radius 1 is 1.48 bits per heavy atom. The van der Waals surface area contributed by atoms with Gasteiger partial charge in [0.1, 0.15) is 6.33 Å². The maximum atomic E-state index is 12.1. The standard InChI is InChI=1S/C14H21N7O2/c1-2-5-20-10-16-18-13(20)7-15-14(22)12-9-21(19-17-12)8-11-4-3-6-23-11/h9-11H,2-8H2,1H3,(H,15,22)/t11-/m1/s1. The van der Waals surface area contributed by atoms with Gasteiger partial charge in [-0.1, -0.05) is 12.1 Å². The molecule has 1 saturated heterocycles. The molecule has 3 heterocycles. The Morgan fingerprint density at radius 2 is 2.39 bits per heavy atom. The molecule has 124 valence electrons. The van der Waals surface area contributed by atoms with Crippen LogP contribution in [0.15, 0.2) is 12.5 Å². The number of carbonyl (C=O) groups is 1. The van der Waals surface area contributed by atoms with Crippen LogP contribution >= 0.6 is 0 Å². The second kappa shape index (κ2) is 7.32. The van der Waals surface area contributed by atoms with Crippen molar-refractivity contribution in [2.75, 3.05) is 6.61 Å². The van der Waals surface area contributed by atoms with Crippen molar-refractivity contribution in [2.45, 2.75) is 51.9 Å². The van der Waals surface area contributed by atoms with E-state index in [2.05, 4.69) is 32.7 Å². The molecule has 3 rings (SSSR count). The third kappa shape index (κ3) is 3.92. The van der Waals surface area contributed by atoms with E-state index in [0.29, 0.717) is 18.8 Å². The first kappa shape index (κ1) is 15.6. The summed E-state index contributed by atoms with van der Waals surface area (Å²) < 4.78 is 9.13. The van der Waals surface area contributed by atoms with Gasteiger partial charge in [0.05, 0.1) is 25.4 Å². The Kier molecular flexibility index (Phi) is 4.96. The summed E-state index contributed by atoms with van der Waals surface area (Å²) in [6, 6.07) is 0. The topological polar surface area (TPSA) is 99.8 Å². The van der Waals surface area contributed by atoms with E-state index >= 15 is 0 Å². The Bertz CT molecular complexity index is 645. The van der Waals surface area contributed by atoms with E-state index in [-0.39, 0.29) is 12.0 Å².